The van der Waals surface area contributed by atoms with Gasteiger partial charge in [-0.15, -0.1) is 0 Å². The van der Waals surface area contributed by atoms with Crippen LogP contribution in [0, 0.1) is 0 Å². The summed E-state index contributed by atoms with van der Waals surface area (Å²) >= 11 is 0. The van der Waals surface area contributed by atoms with Crippen LogP contribution in [0.25, 0.3) is 0 Å². The standard InChI is InChI=1S/C16H24N4O/c1-11-15(12(2)19-18-11)14-7-6-13(10-17-14)16(21)20-8-4-3-5-9-20/h6-7,10-12,15,18-19H,3-5,8-9H2,1-2H3. The van der Waals surface area contributed by atoms with Crippen molar-refractivity contribution in [1.29, 1.82) is 0 Å². The fourth-order valence-electron chi connectivity index (χ4n) is 3.40. The van der Waals surface area contributed by atoms with Crippen LogP contribution in [0.4, 0.5) is 0 Å². The van der Waals surface area contributed by atoms with Crippen molar-refractivity contribution in [3.05, 3.63) is 29.6 Å². The van der Waals surface area contributed by atoms with Crippen molar-refractivity contribution >= 4 is 5.91 Å². The Labute approximate surface area is 126 Å². The number of nitrogens with zero attached hydrogens (tertiary/aromatic N) is 2. The van der Waals surface area contributed by atoms with Crippen molar-refractivity contribution in [2.24, 2.45) is 0 Å². The molecule has 3 rings (SSSR count). The van der Waals surface area contributed by atoms with Gasteiger partial charge >= 0.3 is 0 Å². The minimum atomic E-state index is 0.123. The Morgan fingerprint density at radius 3 is 2.38 bits per heavy atom. The molecule has 2 fully saturated rings. The van der Waals surface area contributed by atoms with E-state index >= 15 is 0 Å². The maximum absolute atomic E-state index is 12.4. The van der Waals surface area contributed by atoms with Gasteiger partial charge in [0.2, 0.25) is 0 Å². The molecule has 0 aliphatic carbocycles. The first-order valence-electron chi connectivity index (χ1n) is 7.93. The number of hydrazine groups is 1. The third-order valence-electron chi connectivity index (χ3n) is 4.63. The zero-order valence-electron chi connectivity index (χ0n) is 12.8. The van der Waals surface area contributed by atoms with Gasteiger partial charge in [-0.25, -0.2) is 0 Å². The largest absolute Gasteiger partial charge is 0.339 e. The topological polar surface area (TPSA) is 57.3 Å². The van der Waals surface area contributed by atoms with Crippen LogP contribution in [0.5, 0.6) is 0 Å². The lowest BCUT2D eigenvalue weighted by molar-refractivity contribution is 0.0724. The second kappa shape index (κ2) is 6.12. The summed E-state index contributed by atoms with van der Waals surface area (Å²) in [7, 11) is 0. The van der Waals surface area contributed by atoms with Crippen LogP contribution < -0.4 is 10.9 Å². The van der Waals surface area contributed by atoms with E-state index in [-0.39, 0.29) is 5.91 Å². The number of amides is 1. The zero-order valence-corrected chi connectivity index (χ0v) is 12.8. The molecule has 3 heterocycles. The van der Waals surface area contributed by atoms with Crippen LogP contribution in [-0.4, -0.2) is 41.0 Å². The monoisotopic (exact) mass is 288 g/mol. The smallest absolute Gasteiger partial charge is 0.255 e. The van der Waals surface area contributed by atoms with Crippen LogP contribution in [0.3, 0.4) is 0 Å². The number of rotatable bonds is 2. The third kappa shape index (κ3) is 2.94. The van der Waals surface area contributed by atoms with Gasteiger partial charge in [0.25, 0.3) is 5.91 Å². The van der Waals surface area contributed by atoms with Crippen molar-refractivity contribution < 1.29 is 4.79 Å². The minimum Gasteiger partial charge on any atom is -0.339 e. The summed E-state index contributed by atoms with van der Waals surface area (Å²) in [5.41, 5.74) is 8.24. The van der Waals surface area contributed by atoms with Gasteiger partial charge in [-0.2, -0.15) is 0 Å². The molecule has 1 amide bonds. The fraction of sp³-hybridized carbons (Fsp3) is 0.625. The second-order valence-corrected chi connectivity index (χ2v) is 6.22. The predicted octanol–water partition coefficient (Wildman–Crippen LogP) is 1.68. The maximum atomic E-state index is 12.4. The molecule has 5 heteroatoms. The quantitative estimate of drug-likeness (QED) is 0.869. The van der Waals surface area contributed by atoms with Crippen LogP contribution in [-0.2, 0) is 0 Å². The predicted molar refractivity (Wildman–Crippen MR) is 81.9 cm³/mol. The van der Waals surface area contributed by atoms with Gasteiger partial charge in [-0.1, -0.05) is 0 Å². The lowest BCUT2D eigenvalue weighted by atomic mass is 9.92. The van der Waals surface area contributed by atoms with Crippen molar-refractivity contribution in [1.82, 2.24) is 20.7 Å². The number of carbonyl (C=O) groups excluding carboxylic acids is 1. The van der Waals surface area contributed by atoms with Crippen LogP contribution >= 0.6 is 0 Å². The number of hydrogen-bond acceptors (Lipinski definition) is 4. The van der Waals surface area contributed by atoms with Gasteiger partial charge in [-0.3, -0.25) is 20.6 Å². The SMILES string of the molecule is CC1NNC(C)C1c1ccc(C(=O)N2CCCCC2)cn1. The average Bonchev–Trinajstić information content (AvgIpc) is 2.87. The lowest BCUT2D eigenvalue weighted by Gasteiger charge is -2.26. The Morgan fingerprint density at radius 1 is 1.14 bits per heavy atom. The summed E-state index contributed by atoms with van der Waals surface area (Å²) in [6.45, 7) is 6.06. The Hall–Kier alpha value is -1.46. The third-order valence-corrected chi connectivity index (χ3v) is 4.63. The Kier molecular flexibility index (Phi) is 4.22. The molecule has 0 radical (unpaired) electrons. The van der Waals surface area contributed by atoms with E-state index in [4.69, 9.17) is 0 Å². The number of aromatic nitrogens is 1. The van der Waals surface area contributed by atoms with E-state index in [9.17, 15) is 4.79 Å². The molecule has 2 aliphatic heterocycles. The average molecular weight is 288 g/mol. The Morgan fingerprint density at radius 2 is 1.81 bits per heavy atom. The van der Waals surface area contributed by atoms with Crippen LogP contribution in [0.1, 0.15) is 55.1 Å². The number of nitrogens with one attached hydrogen (secondary N) is 2. The van der Waals surface area contributed by atoms with Gasteiger partial charge in [0, 0.05) is 43.0 Å². The number of pyridine rings is 1. The van der Waals surface area contributed by atoms with Gasteiger partial charge in [0.05, 0.1) is 5.56 Å². The molecule has 0 spiro atoms. The van der Waals surface area contributed by atoms with E-state index in [1.165, 1.54) is 6.42 Å². The molecule has 2 N–H and O–H groups in total. The highest BCUT2D eigenvalue weighted by Crippen LogP contribution is 2.25. The highest BCUT2D eigenvalue weighted by molar-refractivity contribution is 5.94. The molecule has 2 unspecified atom stereocenters. The zero-order chi connectivity index (χ0) is 14.8. The molecule has 0 bridgehead atoms. The van der Waals surface area contributed by atoms with Gasteiger partial charge in [0.1, 0.15) is 0 Å². The molecule has 0 saturated carbocycles. The number of piperidine rings is 1. The number of likely N-dealkylation sites (tertiary alicyclic amines) is 1. The van der Waals surface area contributed by atoms with Crippen molar-refractivity contribution in [3.8, 4) is 0 Å². The minimum absolute atomic E-state index is 0.123. The van der Waals surface area contributed by atoms with Crippen LogP contribution in [0.2, 0.25) is 0 Å². The first-order valence-corrected chi connectivity index (χ1v) is 7.93. The Bertz CT molecular complexity index is 486. The summed E-state index contributed by atoms with van der Waals surface area (Å²) in [6.07, 6.45) is 5.21. The summed E-state index contributed by atoms with van der Waals surface area (Å²) in [5.74, 6) is 0.460. The molecule has 0 aromatic carbocycles. The Balaban J connectivity index is 1.73. The summed E-state index contributed by atoms with van der Waals surface area (Å²) in [5, 5.41) is 0. The van der Waals surface area contributed by atoms with Crippen molar-refractivity contribution in [2.45, 2.75) is 51.1 Å². The lowest BCUT2D eigenvalue weighted by Crippen LogP contribution is -2.35. The van der Waals surface area contributed by atoms with E-state index in [0.717, 1.165) is 31.6 Å². The first kappa shape index (κ1) is 14.5. The molecule has 2 atom stereocenters. The van der Waals surface area contributed by atoms with Crippen molar-refractivity contribution in [2.75, 3.05) is 13.1 Å². The second-order valence-electron chi connectivity index (χ2n) is 6.22. The molecule has 5 nitrogen and oxygen atoms in total. The van der Waals surface area contributed by atoms with Crippen LogP contribution in [0.15, 0.2) is 18.3 Å². The molecule has 2 saturated heterocycles. The van der Waals surface area contributed by atoms with E-state index in [1.54, 1.807) is 6.20 Å². The number of hydrogen-bond donors (Lipinski definition) is 2. The van der Waals surface area contributed by atoms with E-state index < -0.39 is 0 Å². The summed E-state index contributed by atoms with van der Waals surface area (Å²) in [6, 6.07) is 4.62. The molecular weight excluding hydrogens is 264 g/mol. The number of carbonyl (C=O) groups is 1. The van der Waals surface area contributed by atoms with Gasteiger partial charge in [-0.05, 0) is 45.2 Å². The molecule has 114 valence electrons. The highest BCUT2D eigenvalue weighted by atomic mass is 16.2. The van der Waals surface area contributed by atoms with Crippen molar-refractivity contribution in [3.63, 3.8) is 0 Å². The fourth-order valence-corrected chi connectivity index (χ4v) is 3.40. The summed E-state index contributed by atoms with van der Waals surface area (Å²) in [4.78, 5) is 18.9. The molecule has 1 aromatic rings. The molecule has 1 aromatic heterocycles. The maximum Gasteiger partial charge on any atom is 0.255 e. The first-order chi connectivity index (χ1) is 10.2. The molecule has 2 aliphatic rings. The van der Waals surface area contributed by atoms with E-state index in [1.807, 2.05) is 17.0 Å². The molecule has 21 heavy (non-hydrogen) atoms. The van der Waals surface area contributed by atoms with E-state index in [0.29, 0.717) is 23.6 Å². The van der Waals surface area contributed by atoms with Gasteiger partial charge in [0.15, 0.2) is 0 Å². The normalized spacial score (nSPS) is 29.6. The summed E-state index contributed by atoms with van der Waals surface area (Å²) < 4.78 is 0. The highest BCUT2D eigenvalue weighted by Gasteiger charge is 2.32. The van der Waals surface area contributed by atoms with E-state index in [2.05, 4.69) is 29.7 Å². The van der Waals surface area contributed by atoms with Gasteiger partial charge < -0.3 is 4.90 Å². The molecular formula is C16H24N4O.